The molecule has 0 radical (unpaired) electrons. The zero-order valence-corrected chi connectivity index (χ0v) is 11.3. The molecule has 1 N–H and O–H groups in total. The van der Waals surface area contributed by atoms with Gasteiger partial charge in [0.2, 0.25) is 0 Å². The zero-order chi connectivity index (χ0) is 15.0. The Balaban J connectivity index is 2.25. The molecule has 106 valence electrons. The number of benzene rings is 2. The third kappa shape index (κ3) is 2.33. The summed E-state index contributed by atoms with van der Waals surface area (Å²) in [6, 6.07) is 9.79. The number of aromatic hydroxyl groups is 1. The fourth-order valence-corrected chi connectivity index (χ4v) is 2.32. The molecule has 0 aliphatic carbocycles. The number of methoxy groups -OCH3 is 1. The Morgan fingerprint density at radius 2 is 1.90 bits per heavy atom. The molecule has 3 rings (SSSR count). The minimum absolute atomic E-state index is 0.0345. The molecule has 3 aromatic rings. The summed E-state index contributed by atoms with van der Waals surface area (Å²) < 4.78 is 9.82. The van der Waals surface area contributed by atoms with E-state index in [2.05, 4.69) is 4.74 Å². The van der Waals surface area contributed by atoms with E-state index in [4.69, 9.17) is 4.42 Å². The number of ether oxygens (including phenoxy) is 1. The number of fused-ring (bicyclic) bond motifs is 3. The second kappa shape index (κ2) is 4.94. The average molecular weight is 284 g/mol. The van der Waals surface area contributed by atoms with Gasteiger partial charge in [-0.15, -0.1) is 0 Å². The van der Waals surface area contributed by atoms with Gasteiger partial charge in [-0.1, -0.05) is 12.1 Å². The Kier molecular flexibility index (Phi) is 3.10. The van der Waals surface area contributed by atoms with Gasteiger partial charge in [0.25, 0.3) is 0 Å². The molecule has 0 spiro atoms. The Hall–Kier alpha value is -2.82. The van der Waals surface area contributed by atoms with Crippen molar-refractivity contribution >= 4 is 27.7 Å². The molecule has 0 unspecified atom stereocenters. The van der Waals surface area contributed by atoms with Crippen molar-refractivity contribution in [2.75, 3.05) is 7.11 Å². The molecule has 5 heteroatoms. The SMILES string of the molecule is COC(=O)Cc1ccc2c(c1)c(=O)oc1cc(O)ccc12. The lowest BCUT2D eigenvalue weighted by atomic mass is 10.0. The summed E-state index contributed by atoms with van der Waals surface area (Å²) >= 11 is 0. The highest BCUT2D eigenvalue weighted by atomic mass is 16.5. The molecule has 5 nitrogen and oxygen atoms in total. The van der Waals surface area contributed by atoms with Crippen LogP contribution in [0.25, 0.3) is 21.7 Å². The lowest BCUT2D eigenvalue weighted by Crippen LogP contribution is -2.06. The van der Waals surface area contributed by atoms with Crippen LogP contribution in [0.5, 0.6) is 5.75 Å². The second-order valence-corrected chi connectivity index (χ2v) is 4.70. The number of esters is 1. The first kappa shape index (κ1) is 13.2. The van der Waals surface area contributed by atoms with E-state index >= 15 is 0 Å². The van der Waals surface area contributed by atoms with E-state index in [9.17, 15) is 14.7 Å². The Morgan fingerprint density at radius 3 is 2.67 bits per heavy atom. The Labute approximate surface area is 119 Å². The maximum Gasteiger partial charge on any atom is 0.344 e. The monoisotopic (exact) mass is 284 g/mol. The molecule has 0 bridgehead atoms. The third-order valence-electron chi connectivity index (χ3n) is 3.34. The molecule has 1 aromatic heterocycles. The number of carbonyl (C=O) groups is 1. The van der Waals surface area contributed by atoms with Crippen LogP contribution in [-0.2, 0) is 16.0 Å². The van der Waals surface area contributed by atoms with Gasteiger partial charge in [0, 0.05) is 11.5 Å². The maximum atomic E-state index is 12.0. The molecule has 0 amide bonds. The summed E-state index contributed by atoms with van der Waals surface area (Å²) in [5.74, 6) is -0.336. The normalized spacial score (nSPS) is 10.9. The fourth-order valence-electron chi connectivity index (χ4n) is 2.32. The molecule has 0 fully saturated rings. The fraction of sp³-hybridized carbons (Fsp3) is 0.125. The highest BCUT2D eigenvalue weighted by Crippen LogP contribution is 2.26. The van der Waals surface area contributed by atoms with Gasteiger partial charge in [0.15, 0.2) is 0 Å². The first-order chi connectivity index (χ1) is 10.1. The highest BCUT2D eigenvalue weighted by Gasteiger charge is 2.10. The summed E-state index contributed by atoms with van der Waals surface area (Å²) in [4.78, 5) is 23.3. The quantitative estimate of drug-likeness (QED) is 0.444. The first-order valence-corrected chi connectivity index (χ1v) is 6.34. The molecule has 0 aliphatic rings. The lowest BCUT2D eigenvalue weighted by molar-refractivity contribution is -0.139. The predicted octanol–water partition coefficient (Wildman–Crippen LogP) is 2.37. The number of hydrogen-bond donors (Lipinski definition) is 1. The standard InChI is InChI=1S/C16H12O5/c1-20-15(18)7-9-2-4-11-12-5-3-10(17)8-14(12)21-16(19)13(11)6-9/h2-6,8,17H,7H2,1H3. The van der Waals surface area contributed by atoms with Crippen LogP contribution in [0.3, 0.4) is 0 Å². The summed E-state index contributed by atoms with van der Waals surface area (Å²) in [6.45, 7) is 0. The van der Waals surface area contributed by atoms with Crippen molar-refractivity contribution in [1.29, 1.82) is 0 Å². The number of phenolic OH excluding ortho intramolecular Hbond substituents is 1. The van der Waals surface area contributed by atoms with Crippen LogP contribution in [0, 0.1) is 0 Å². The minimum Gasteiger partial charge on any atom is -0.508 e. The smallest absolute Gasteiger partial charge is 0.344 e. The van der Waals surface area contributed by atoms with Gasteiger partial charge in [-0.3, -0.25) is 4.79 Å². The van der Waals surface area contributed by atoms with Crippen LogP contribution in [-0.4, -0.2) is 18.2 Å². The van der Waals surface area contributed by atoms with Crippen LogP contribution in [0.1, 0.15) is 5.56 Å². The largest absolute Gasteiger partial charge is 0.508 e. The number of hydrogen-bond acceptors (Lipinski definition) is 5. The van der Waals surface area contributed by atoms with Crippen molar-refractivity contribution in [2.24, 2.45) is 0 Å². The van der Waals surface area contributed by atoms with Gasteiger partial charge < -0.3 is 14.3 Å². The number of rotatable bonds is 2. The lowest BCUT2D eigenvalue weighted by Gasteiger charge is -2.05. The van der Waals surface area contributed by atoms with Crippen LogP contribution in [0.15, 0.2) is 45.6 Å². The molecular formula is C16H12O5. The van der Waals surface area contributed by atoms with E-state index in [0.717, 1.165) is 10.8 Å². The second-order valence-electron chi connectivity index (χ2n) is 4.70. The third-order valence-corrected chi connectivity index (χ3v) is 3.34. The van der Waals surface area contributed by atoms with E-state index in [1.165, 1.54) is 19.2 Å². The molecule has 1 heterocycles. The summed E-state index contributed by atoms with van der Waals surface area (Å²) in [5.41, 5.74) is 0.503. The van der Waals surface area contributed by atoms with Crippen molar-refractivity contribution in [2.45, 2.75) is 6.42 Å². The molecule has 0 atom stereocenters. The van der Waals surface area contributed by atoms with Crippen molar-refractivity contribution < 1.29 is 19.1 Å². The molecule has 2 aromatic carbocycles. The summed E-state index contributed by atoms with van der Waals surface area (Å²) in [7, 11) is 1.32. The van der Waals surface area contributed by atoms with Gasteiger partial charge in [0.05, 0.1) is 18.9 Å². The van der Waals surface area contributed by atoms with E-state index in [-0.39, 0.29) is 18.1 Å². The topological polar surface area (TPSA) is 76.7 Å². The zero-order valence-electron chi connectivity index (χ0n) is 11.3. The van der Waals surface area contributed by atoms with Crippen LogP contribution >= 0.6 is 0 Å². The van der Waals surface area contributed by atoms with Gasteiger partial charge in [-0.25, -0.2) is 4.79 Å². The van der Waals surface area contributed by atoms with Crippen LogP contribution < -0.4 is 5.63 Å². The molecule has 0 saturated carbocycles. The number of carbonyl (C=O) groups excluding carboxylic acids is 1. The molecule has 0 saturated heterocycles. The highest BCUT2D eigenvalue weighted by molar-refractivity contribution is 6.04. The minimum atomic E-state index is -0.505. The van der Waals surface area contributed by atoms with Gasteiger partial charge in [-0.05, 0) is 29.1 Å². The van der Waals surface area contributed by atoms with Crippen molar-refractivity contribution in [3.8, 4) is 5.75 Å². The van der Waals surface area contributed by atoms with Crippen molar-refractivity contribution in [3.63, 3.8) is 0 Å². The summed E-state index contributed by atoms with van der Waals surface area (Å²) in [6.07, 6.45) is 0.0967. The van der Waals surface area contributed by atoms with E-state index < -0.39 is 5.63 Å². The van der Waals surface area contributed by atoms with Crippen LogP contribution in [0.2, 0.25) is 0 Å². The van der Waals surface area contributed by atoms with E-state index in [1.54, 1.807) is 24.3 Å². The molecular weight excluding hydrogens is 272 g/mol. The maximum absolute atomic E-state index is 12.0. The average Bonchev–Trinajstić information content (AvgIpc) is 2.47. The summed E-state index contributed by atoms with van der Waals surface area (Å²) in [5, 5.41) is 11.3. The van der Waals surface area contributed by atoms with Crippen LogP contribution in [0.4, 0.5) is 0 Å². The molecule has 21 heavy (non-hydrogen) atoms. The van der Waals surface area contributed by atoms with Gasteiger partial charge in [-0.2, -0.15) is 0 Å². The Morgan fingerprint density at radius 1 is 1.14 bits per heavy atom. The molecule has 0 aliphatic heterocycles. The van der Waals surface area contributed by atoms with E-state index in [1.807, 2.05) is 0 Å². The van der Waals surface area contributed by atoms with Crippen molar-refractivity contribution in [1.82, 2.24) is 0 Å². The number of phenols is 1. The van der Waals surface area contributed by atoms with Gasteiger partial charge >= 0.3 is 11.6 Å². The van der Waals surface area contributed by atoms with Gasteiger partial charge in [0.1, 0.15) is 11.3 Å². The predicted molar refractivity (Wildman–Crippen MR) is 77.4 cm³/mol. The van der Waals surface area contributed by atoms with Crippen molar-refractivity contribution in [3.05, 3.63) is 52.4 Å². The Bertz CT molecular complexity index is 908. The first-order valence-electron chi connectivity index (χ1n) is 6.34. The van der Waals surface area contributed by atoms with E-state index in [0.29, 0.717) is 16.5 Å².